The second-order valence-corrected chi connectivity index (χ2v) is 8.72. The van der Waals surface area contributed by atoms with E-state index < -0.39 is 12.1 Å². The summed E-state index contributed by atoms with van der Waals surface area (Å²) in [5.41, 5.74) is 0. The third kappa shape index (κ3) is 15.8. The summed E-state index contributed by atoms with van der Waals surface area (Å²) < 4.78 is 0. The lowest BCUT2D eigenvalue weighted by Gasteiger charge is -2.09. The molecule has 0 aromatic heterocycles. The molecule has 4 N–H and O–H groups in total. The lowest BCUT2D eigenvalue weighted by Crippen LogP contribution is -2.41. The van der Waals surface area contributed by atoms with Crippen LogP contribution in [0.15, 0.2) is 0 Å². The van der Waals surface area contributed by atoms with Gasteiger partial charge in [0.05, 0.1) is 5.75 Å². The van der Waals surface area contributed by atoms with Crippen molar-refractivity contribution in [3.8, 4) is 0 Å². The number of carbonyl (C=O) groups excluding carboxylic acids is 4. The van der Waals surface area contributed by atoms with Crippen LogP contribution in [0, 0.1) is 11.8 Å². The lowest BCUT2D eigenvalue weighted by molar-refractivity contribution is -0.120. The average molecular weight is 393 g/mol. The first kappa shape index (κ1) is 23.6. The molecule has 0 aromatic carbocycles. The molecule has 0 aliphatic heterocycles. The highest BCUT2D eigenvalue weighted by molar-refractivity contribution is 8.76. The van der Waals surface area contributed by atoms with Crippen molar-refractivity contribution >= 4 is 45.5 Å². The Balaban J connectivity index is 3.62. The maximum Gasteiger partial charge on any atom is 0.321 e. The molecule has 8 nitrogen and oxygen atoms in total. The number of urea groups is 2. The zero-order valence-corrected chi connectivity index (χ0v) is 16.8. The third-order valence-electron chi connectivity index (χ3n) is 2.51. The molecular weight excluding hydrogens is 364 g/mol. The Morgan fingerprint density at radius 2 is 1.40 bits per heavy atom. The highest BCUT2D eigenvalue weighted by Crippen LogP contribution is 2.19. The van der Waals surface area contributed by atoms with E-state index in [1.807, 2.05) is 27.7 Å². The second-order valence-electron chi connectivity index (χ2n) is 6.14. The van der Waals surface area contributed by atoms with Gasteiger partial charge in [-0.2, -0.15) is 0 Å². The van der Waals surface area contributed by atoms with E-state index in [4.69, 9.17) is 0 Å². The minimum absolute atomic E-state index is 0.138. The molecule has 25 heavy (non-hydrogen) atoms. The van der Waals surface area contributed by atoms with Crippen LogP contribution < -0.4 is 21.3 Å². The minimum Gasteiger partial charge on any atom is -0.338 e. The summed E-state index contributed by atoms with van der Waals surface area (Å²) in [7, 11) is 2.68. The van der Waals surface area contributed by atoms with Crippen LogP contribution in [0.25, 0.3) is 0 Å². The molecule has 0 radical (unpaired) electrons. The zero-order chi connectivity index (χ0) is 19.2. The van der Waals surface area contributed by atoms with Crippen LogP contribution in [0.3, 0.4) is 0 Å². The molecule has 10 heteroatoms. The Kier molecular flexibility index (Phi) is 13.0. The predicted molar refractivity (Wildman–Crippen MR) is 102 cm³/mol. The van der Waals surface area contributed by atoms with Crippen LogP contribution in [0.5, 0.6) is 0 Å². The standard InChI is InChI=1S/C15H28N4O4S2/c1-10(2)7-12(20)18-14(22)16-5-6-24-25-9-13(21)19-15(23)17-8-11(3)4/h10-11H,5-9H2,1-4H3,(H2,16,18,20,22)(H2,17,19,21,23). The van der Waals surface area contributed by atoms with Gasteiger partial charge in [0.2, 0.25) is 11.8 Å². The molecule has 0 atom stereocenters. The van der Waals surface area contributed by atoms with Gasteiger partial charge in [-0.25, -0.2) is 9.59 Å². The van der Waals surface area contributed by atoms with Crippen LogP contribution in [-0.4, -0.2) is 48.5 Å². The number of amides is 6. The number of nitrogens with one attached hydrogen (secondary N) is 4. The first-order valence-electron chi connectivity index (χ1n) is 8.10. The molecular formula is C15H28N4O4S2. The van der Waals surface area contributed by atoms with Crippen LogP contribution >= 0.6 is 21.6 Å². The maximum atomic E-state index is 11.5. The van der Waals surface area contributed by atoms with Crippen molar-refractivity contribution < 1.29 is 19.2 Å². The highest BCUT2D eigenvalue weighted by Gasteiger charge is 2.10. The number of hydrogen-bond acceptors (Lipinski definition) is 6. The van der Waals surface area contributed by atoms with E-state index in [9.17, 15) is 19.2 Å². The molecule has 0 aliphatic carbocycles. The number of carbonyl (C=O) groups is 4. The van der Waals surface area contributed by atoms with Gasteiger partial charge in [0.1, 0.15) is 0 Å². The van der Waals surface area contributed by atoms with Gasteiger partial charge < -0.3 is 10.6 Å². The van der Waals surface area contributed by atoms with Gasteiger partial charge in [-0.05, 0) is 11.8 Å². The van der Waals surface area contributed by atoms with Crippen molar-refractivity contribution in [2.45, 2.75) is 34.1 Å². The van der Waals surface area contributed by atoms with Crippen LogP contribution in [0.4, 0.5) is 9.59 Å². The van der Waals surface area contributed by atoms with E-state index in [-0.39, 0.29) is 23.5 Å². The highest BCUT2D eigenvalue weighted by atomic mass is 33.1. The fraction of sp³-hybridized carbons (Fsp3) is 0.733. The monoisotopic (exact) mass is 392 g/mol. The number of imide groups is 2. The van der Waals surface area contributed by atoms with Gasteiger partial charge in [0, 0.05) is 25.3 Å². The molecule has 0 saturated carbocycles. The molecule has 6 amide bonds. The SMILES string of the molecule is CC(C)CNC(=O)NC(=O)CSSCCNC(=O)NC(=O)CC(C)C. The van der Waals surface area contributed by atoms with Gasteiger partial charge in [-0.3, -0.25) is 20.2 Å². The van der Waals surface area contributed by atoms with Crippen molar-refractivity contribution in [3.05, 3.63) is 0 Å². The Hall–Kier alpha value is -1.42. The molecule has 0 bridgehead atoms. The number of rotatable bonds is 10. The quantitative estimate of drug-likeness (QED) is 0.332. The minimum atomic E-state index is -0.518. The van der Waals surface area contributed by atoms with Gasteiger partial charge >= 0.3 is 12.1 Å². The van der Waals surface area contributed by atoms with Crippen molar-refractivity contribution in [1.82, 2.24) is 21.3 Å². The third-order valence-corrected chi connectivity index (χ3v) is 4.79. The summed E-state index contributed by atoms with van der Waals surface area (Å²) >= 11 is 0. The number of hydrogen-bond donors (Lipinski definition) is 4. The van der Waals surface area contributed by atoms with E-state index in [1.54, 1.807) is 0 Å². The average Bonchev–Trinajstić information content (AvgIpc) is 2.47. The van der Waals surface area contributed by atoms with E-state index >= 15 is 0 Å². The molecule has 144 valence electrons. The Bertz CT molecular complexity index is 459. The van der Waals surface area contributed by atoms with E-state index in [1.165, 1.54) is 21.6 Å². The van der Waals surface area contributed by atoms with Crippen LogP contribution in [0.1, 0.15) is 34.1 Å². The molecule has 0 rings (SSSR count). The van der Waals surface area contributed by atoms with Gasteiger partial charge in [-0.15, -0.1) is 0 Å². The van der Waals surface area contributed by atoms with Gasteiger partial charge in [0.15, 0.2) is 0 Å². The van der Waals surface area contributed by atoms with Gasteiger partial charge in [-0.1, -0.05) is 49.3 Å². The van der Waals surface area contributed by atoms with Crippen molar-refractivity contribution in [1.29, 1.82) is 0 Å². The van der Waals surface area contributed by atoms with Crippen molar-refractivity contribution in [2.24, 2.45) is 11.8 Å². The Labute approximate surface area is 156 Å². The van der Waals surface area contributed by atoms with E-state index in [0.29, 0.717) is 31.2 Å². The Morgan fingerprint density at radius 3 is 2.00 bits per heavy atom. The first-order chi connectivity index (χ1) is 11.7. The molecule has 0 aromatic rings. The van der Waals surface area contributed by atoms with Crippen LogP contribution in [-0.2, 0) is 9.59 Å². The molecule has 0 saturated heterocycles. The molecule has 0 unspecified atom stereocenters. The largest absolute Gasteiger partial charge is 0.338 e. The Morgan fingerprint density at radius 1 is 0.800 bits per heavy atom. The fourth-order valence-electron chi connectivity index (χ4n) is 1.46. The summed E-state index contributed by atoms with van der Waals surface area (Å²) in [5, 5.41) is 9.65. The maximum absolute atomic E-state index is 11.5. The summed E-state index contributed by atoms with van der Waals surface area (Å²) in [6.45, 7) is 8.60. The normalized spacial score (nSPS) is 10.5. The van der Waals surface area contributed by atoms with Gasteiger partial charge in [0.25, 0.3) is 0 Å². The molecule has 0 fully saturated rings. The topological polar surface area (TPSA) is 116 Å². The van der Waals surface area contributed by atoms with Crippen molar-refractivity contribution in [3.63, 3.8) is 0 Å². The fourth-order valence-corrected chi connectivity index (χ4v) is 3.20. The molecule has 0 aliphatic rings. The summed E-state index contributed by atoms with van der Waals surface area (Å²) in [5.74, 6) is 0.544. The van der Waals surface area contributed by atoms with E-state index in [2.05, 4.69) is 21.3 Å². The molecule has 0 heterocycles. The summed E-state index contributed by atoms with van der Waals surface area (Å²) in [4.78, 5) is 45.7. The summed E-state index contributed by atoms with van der Waals surface area (Å²) in [6, 6.07) is -1.01. The summed E-state index contributed by atoms with van der Waals surface area (Å²) in [6.07, 6.45) is 0.303. The lowest BCUT2D eigenvalue weighted by atomic mass is 10.1. The second kappa shape index (κ2) is 13.8. The van der Waals surface area contributed by atoms with E-state index in [0.717, 1.165) is 0 Å². The first-order valence-corrected chi connectivity index (χ1v) is 10.6. The predicted octanol–water partition coefficient (Wildman–Crippen LogP) is 1.72. The van der Waals surface area contributed by atoms with Crippen molar-refractivity contribution in [2.75, 3.05) is 24.6 Å². The molecule has 0 spiro atoms. The van der Waals surface area contributed by atoms with Crippen LogP contribution in [0.2, 0.25) is 0 Å². The zero-order valence-electron chi connectivity index (χ0n) is 15.1. The smallest absolute Gasteiger partial charge is 0.321 e.